The van der Waals surface area contributed by atoms with Crippen LogP contribution in [0.2, 0.25) is 0 Å². The molecule has 4 rings (SSSR count). The number of hydrogen-bond acceptors (Lipinski definition) is 15. The van der Waals surface area contributed by atoms with Gasteiger partial charge in [0.05, 0.1) is 46.1 Å². The number of alkyl carbamates (subject to hydrolysis) is 1. The van der Waals surface area contributed by atoms with Crippen LogP contribution in [0.25, 0.3) is 0 Å². The number of aliphatic hydroxyl groups excluding tert-OH is 1. The van der Waals surface area contributed by atoms with Gasteiger partial charge in [-0.15, -0.1) is 0 Å². The minimum absolute atomic E-state index is 0.0627. The molecule has 0 saturated carbocycles. The Balaban J connectivity index is 0.000000405. The predicted molar refractivity (Wildman–Crippen MR) is 289 cm³/mol. The van der Waals surface area contributed by atoms with E-state index in [0.29, 0.717) is 112 Å². The molecule has 20 nitrogen and oxygen atoms in total. The largest absolute Gasteiger partial charge is 0.493 e. The lowest BCUT2D eigenvalue weighted by Crippen LogP contribution is -2.57. The van der Waals surface area contributed by atoms with Crippen molar-refractivity contribution in [2.75, 3.05) is 94.3 Å². The van der Waals surface area contributed by atoms with Crippen LogP contribution in [0.3, 0.4) is 0 Å². The van der Waals surface area contributed by atoms with Crippen molar-refractivity contribution in [3.63, 3.8) is 0 Å². The van der Waals surface area contributed by atoms with E-state index in [0.717, 1.165) is 0 Å². The number of carbonyl (C=O) groups excluding carboxylic acids is 5. The Kier molecular flexibility index (Phi) is 26.2. The Bertz CT molecular complexity index is 2140. The summed E-state index contributed by atoms with van der Waals surface area (Å²) < 4.78 is 49.5. The predicted octanol–water partition coefficient (Wildman–Crippen LogP) is 8.30. The van der Waals surface area contributed by atoms with E-state index in [1.807, 2.05) is 83.1 Å². The molecule has 0 radical (unpaired) electrons. The molecule has 2 aliphatic heterocycles. The third-order valence-electron chi connectivity index (χ3n) is 12.1. The first-order valence-electron chi connectivity index (χ1n) is 26.5. The zero-order valence-electron chi connectivity index (χ0n) is 48.4. The first-order valence-corrected chi connectivity index (χ1v) is 26.5. The van der Waals surface area contributed by atoms with E-state index in [4.69, 9.17) is 42.6 Å². The maximum absolute atomic E-state index is 14.0. The number of rotatable bonds is 22. The highest BCUT2D eigenvalue weighted by Gasteiger charge is 2.40. The average Bonchev–Trinajstić information content (AvgIpc) is 3.34. The summed E-state index contributed by atoms with van der Waals surface area (Å²) in [7, 11) is 6.38. The van der Waals surface area contributed by atoms with E-state index in [1.165, 1.54) is 0 Å². The lowest BCUT2D eigenvalue weighted by atomic mass is 9.92. The van der Waals surface area contributed by atoms with Gasteiger partial charge < -0.3 is 72.7 Å². The van der Waals surface area contributed by atoms with Crippen LogP contribution in [0.4, 0.5) is 14.4 Å². The van der Waals surface area contributed by atoms with Crippen molar-refractivity contribution in [3.8, 4) is 23.0 Å². The molecule has 2 aliphatic rings. The second-order valence-corrected chi connectivity index (χ2v) is 22.1. The lowest BCUT2D eigenvalue weighted by molar-refractivity contribution is -0.00808. The van der Waals surface area contributed by atoms with E-state index in [-0.39, 0.29) is 67.1 Å². The first-order chi connectivity index (χ1) is 35.7. The van der Waals surface area contributed by atoms with Gasteiger partial charge >= 0.3 is 18.3 Å². The Hall–Kier alpha value is -5.73. The molecule has 0 aromatic heterocycles. The molecule has 2 N–H and O–H groups in total. The Morgan fingerprint density at radius 1 is 0.605 bits per heavy atom. The summed E-state index contributed by atoms with van der Waals surface area (Å²) in [5.74, 6) is 1.33. The monoisotopic (exact) mass is 1070 g/mol. The minimum atomic E-state index is -0.677. The van der Waals surface area contributed by atoms with Gasteiger partial charge in [-0.3, -0.25) is 9.59 Å². The highest BCUT2D eigenvalue weighted by atomic mass is 16.6. The van der Waals surface area contributed by atoms with Gasteiger partial charge in [0, 0.05) is 114 Å². The molecule has 0 spiro atoms. The second-order valence-electron chi connectivity index (χ2n) is 22.1. The summed E-state index contributed by atoms with van der Waals surface area (Å²) in [6.45, 7) is 25.8. The smallest absolute Gasteiger partial charge is 0.410 e. The zero-order valence-corrected chi connectivity index (χ0v) is 48.4. The summed E-state index contributed by atoms with van der Waals surface area (Å²) in [6.07, 6.45) is 1.13. The van der Waals surface area contributed by atoms with Gasteiger partial charge in [0.1, 0.15) is 11.2 Å². The molecule has 76 heavy (non-hydrogen) atoms. The summed E-state index contributed by atoms with van der Waals surface area (Å²) in [4.78, 5) is 72.6. The molecule has 430 valence electrons. The molecule has 2 unspecified atom stereocenters. The van der Waals surface area contributed by atoms with Crippen molar-refractivity contribution in [3.05, 3.63) is 47.5 Å². The molecule has 5 amide bonds. The molecule has 4 atom stereocenters. The highest BCUT2D eigenvalue weighted by molar-refractivity contribution is 5.96. The molecule has 0 aliphatic carbocycles. The van der Waals surface area contributed by atoms with Crippen LogP contribution in [0.5, 0.6) is 23.0 Å². The normalized spacial score (nSPS) is 17.8. The van der Waals surface area contributed by atoms with Crippen molar-refractivity contribution < 1.29 is 71.7 Å². The highest BCUT2D eigenvalue weighted by Crippen LogP contribution is 2.33. The molecule has 2 saturated heterocycles. The lowest BCUT2D eigenvalue weighted by Gasteiger charge is -2.44. The number of aliphatic hydroxyl groups is 1. The number of amides is 5. The molecular formula is C56H91N5O15. The Morgan fingerprint density at radius 3 is 1.37 bits per heavy atom. The Morgan fingerprint density at radius 2 is 1.01 bits per heavy atom. The van der Waals surface area contributed by atoms with Gasteiger partial charge in [0.2, 0.25) is 0 Å². The molecular weight excluding hydrogens is 983 g/mol. The summed E-state index contributed by atoms with van der Waals surface area (Å²) in [5, 5.41) is 12.6. The quantitative estimate of drug-likeness (QED) is 0.0838. The van der Waals surface area contributed by atoms with Crippen LogP contribution >= 0.6 is 0 Å². The fraction of sp³-hybridized carbons (Fsp3) is 0.696. The van der Waals surface area contributed by atoms with E-state index < -0.39 is 29.5 Å². The van der Waals surface area contributed by atoms with Crippen LogP contribution in [0.15, 0.2) is 36.4 Å². The minimum Gasteiger partial charge on any atom is -0.493 e. The Labute approximate surface area is 452 Å². The van der Waals surface area contributed by atoms with Crippen molar-refractivity contribution in [1.82, 2.24) is 24.9 Å². The van der Waals surface area contributed by atoms with Crippen LogP contribution in [-0.2, 0) is 23.7 Å². The molecule has 2 aromatic carbocycles. The first kappa shape index (κ1) is 64.6. The SMILES string of the molecule is COCCCOc1cc(C(=O)N(C(C)C)C2C[C@H](CO)CN(C(=O)OC(C)(C)C)C2)ccc1OC.COCCCOc1cc(C(=O)N(C(C)C)C2C[C@H](COC(=O)NC(C)C)CN(C(=O)OC(C)(C)C)C2)ccc1OC. The number of hydrogen-bond donors (Lipinski definition) is 2. The standard InChI is InChI=1S/C30H49N3O8.C26H42N2O7/c1-20(2)31-28(35)40-19-22-15-24(18-32(17-22)29(36)41-30(5,6)7)33(21(3)4)27(34)23-11-12-25(38-9)26(16-23)39-14-10-13-37-8;1-18(2)28(21-13-19(17-29)15-27(16-21)25(31)35-26(3,4)5)24(30)20-9-10-22(33-7)23(14-20)34-12-8-11-32-6/h11-12,16,20-22,24H,10,13-15,17-19H2,1-9H3,(H,31,35);9-10,14,18-19,21,29H,8,11-13,15-17H2,1-7H3/t22-,24?;19-,21?/m00/s1. The third kappa shape index (κ3) is 21.0. The van der Waals surface area contributed by atoms with Crippen LogP contribution in [0.1, 0.15) is 129 Å². The van der Waals surface area contributed by atoms with Crippen molar-refractivity contribution >= 4 is 30.1 Å². The van der Waals surface area contributed by atoms with Gasteiger partial charge in [0.15, 0.2) is 23.0 Å². The van der Waals surface area contributed by atoms with E-state index in [9.17, 15) is 29.1 Å². The third-order valence-corrected chi connectivity index (χ3v) is 12.1. The maximum Gasteiger partial charge on any atom is 0.410 e. The summed E-state index contributed by atoms with van der Waals surface area (Å²) in [6, 6.07) is 9.29. The van der Waals surface area contributed by atoms with Gasteiger partial charge in [0.25, 0.3) is 11.8 Å². The van der Waals surface area contributed by atoms with Gasteiger partial charge in [-0.1, -0.05) is 0 Å². The maximum atomic E-state index is 14.0. The summed E-state index contributed by atoms with van der Waals surface area (Å²) >= 11 is 0. The van der Waals surface area contributed by atoms with Crippen LogP contribution in [-0.4, -0.2) is 190 Å². The van der Waals surface area contributed by atoms with E-state index in [2.05, 4.69) is 5.32 Å². The van der Waals surface area contributed by atoms with Crippen LogP contribution < -0.4 is 24.3 Å². The summed E-state index contributed by atoms with van der Waals surface area (Å²) in [5.41, 5.74) is -0.394. The number of nitrogens with zero attached hydrogens (tertiary/aromatic N) is 4. The average molecular weight is 1070 g/mol. The van der Waals surface area contributed by atoms with Gasteiger partial charge in [-0.05, 0) is 132 Å². The number of nitrogens with one attached hydrogen (secondary N) is 1. The second kappa shape index (κ2) is 30.9. The van der Waals surface area contributed by atoms with E-state index in [1.54, 1.807) is 84.4 Å². The number of benzene rings is 2. The fourth-order valence-corrected chi connectivity index (χ4v) is 8.98. The number of methoxy groups -OCH3 is 4. The van der Waals surface area contributed by atoms with Crippen molar-refractivity contribution in [1.29, 1.82) is 0 Å². The van der Waals surface area contributed by atoms with Crippen molar-refractivity contribution in [2.24, 2.45) is 11.8 Å². The number of piperidine rings is 2. The van der Waals surface area contributed by atoms with Crippen LogP contribution in [0, 0.1) is 11.8 Å². The molecule has 0 bridgehead atoms. The number of likely N-dealkylation sites (tertiary alicyclic amines) is 2. The topological polar surface area (TPSA) is 214 Å². The fourth-order valence-electron chi connectivity index (χ4n) is 8.98. The van der Waals surface area contributed by atoms with Gasteiger partial charge in [-0.25, -0.2) is 14.4 Å². The molecule has 2 heterocycles. The van der Waals surface area contributed by atoms with E-state index >= 15 is 0 Å². The molecule has 2 fully saturated rings. The molecule has 2 aromatic rings. The zero-order chi connectivity index (χ0) is 56.9. The van der Waals surface area contributed by atoms with Gasteiger partial charge in [-0.2, -0.15) is 0 Å². The number of ether oxygens (including phenoxy) is 9. The van der Waals surface area contributed by atoms with Crippen molar-refractivity contribution in [2.45, 2.75) is 150 Å². The number of carbonyl (C=O) groups is 5. The molecule has 20 heteroatoms.